The smallest absolute Gasteiger partial charge is 0.324 e. The van der Waals surface area contributed by atoms with E-state index in [1.165, 1.54) is 44.5 Å². The predicted molar refractivity (Wildman–Crippen MR) is 268 cm³/mol. The number of aryl methyl sites for hydroxylation is 4. The molecule has 0 spiro atoms. The van der Waals surface area contributed by atoms with Crippen LogP contribution in [0.25, 0.3) is 44.8 Å². The fourth-order valence-electron chi connectivity index (χ4n) is 9.69. The van der Waals surface area contributed by atoms with Gasteiger partial charge in [-0.1, -0.05) is 60.7 Å². The highest BCUT2D eigenvalue weighted by atomic mass is 31.2. The maximum Gasteiger partial charge on any atom is 0.337 e. The molecule has 0 saturated carbocycles. The Kier molecular flexibility index (Phi) is 13.2. The number of fused-ring (bicyclic) bond motifs is 3. The highest BCUT2D eigenvalue weighted by Crippen LogP contribution is 2.56. The number of nitrogens with zero attached hydrogens (tertiary/aromatic N) is 4. The molecular formula is C57H60N4O4P2+4. The number of aromatic nitrogens is 4. The summed E-state index contributed by atoms with van der Waals surface area (Å²) in [5, 5.41) is 0. The van der Waals surface area contributed by atoms with Gasteiger partial charge in [0, 0.05) is 71.8 Å². The molecule has 9 rings (SSSR count). The van der Waals surface area contributed by atoms with Crippen LogP contribution in [-0.4, -0.2) is 38.9 Å². The van der Waals surface area contributed by atoms with E-state index in [4.69, 9.17) is 9.05 Å². The highest BCUT2D eigenvalue weighted by molar-refractivity contribution is 7.62. The van der Waals surface area contributed by atoms with Crippen LogP contribution in [0.3, 0.4) is 0 Å². The quantitative estimate of drug-likeness (QED) is 0.0715. The Balaban J connectivity index is 1.01. The molecule has 1 aliphatic carbocycles. The molecule has 8 aromatic rings. The monoisotopic (exact) mass is 926 g/mol. The maximum atomic E-state index is 13.0. The average Bonchev–Trinajstić information content (AvgIpc) is 3.64. The van der Waals surface area contributed by atoms with E-state index in [2.05, 4.69) is 198 Å². The number of benzene rings is 4. The lowest BCUT2D eigenvalue weighted by molar-refractivity contribution is -0.692. The zero-order chi connectivity index (χ0) is 46.8. The van der Waals surface area contributed by atoms with Crippen molar-refractivity contribution in [2.24, 2.45) is 0 Å². The average molecular weight is 927 g/mol. The van der Waals surface area contributed by atoms with Crippen LogP contribution in [-0.2, 0) is 36.7 Å². The van der Waals surface area contributed by atoms with Gasteiger partial charge in [-0.05, 0) is 109 Å². The summed E-state index contributed by atoms with van der Waals surface area (Å²) < 4.78 is 44.7. The lowest BCUT2D eigenvalue weighted by Crippen LogP contribution is -2.34. The van der Waals surface area contributed by atoms with E-state index in [9.17, 15) is 9.13 Å². The molecule has 4 aromatic heterocycles. The van der Waals surface area contributed by atoms with Crippen molar-refractivity contribution >= 4 is 14.7 Å². The standard InChI is InChI=1S/C57H60N4O4P2/c1-7-64-67(63,65-8-2)40-38-59-31-23-46(24-32-59)48-27-35-61(36-28-48)56-20-18-50(42-44(56)4)57(53-15-11-9-13-51(53)52-14-10-12-16-54(52)57)49-17-19-55(43(3)41-49)60-33-25-47(26-34-60)45-21-29-58(30-22-45)37-39-66(5,6)62/h9-36,41-42H,7-8,37-40H2,1-6H3/q+4. The van der Waals surface area contributed by atoms with Crippen molar-refractivity contribution in [3.8, 4) is 44.8 Å². The van der Waals surface area contributed by atoms with Crippen LogP contribution >= 0.6 is 14.7 Å². The summed E-state index contributed by atoms with van der Waals surface area (Å²) in [5.41, 5.74) is 16.2. The Morgan fingerprint density at radius 3 is 1.22 bits per heavy atom. The minimum atomic E-state index is -3.11. The maximum absolute atomic E-state index is 13.0. The lowest BCUT2D eigenvalue weighted by Gasteiger charge is -2.34. The van der Waals surface area contributed by atoms with E-state index in [1.807, 2.05) is 44.1 Å². The second-order valence-electron chi connectivity index (χ2n) is 17.9. The molecule has 338 valence electrons. The third kappa shape index (κ3) is 9.42. The van der Waals surface area contributed by atoms with Crippen molar-refractivity contribution in [3.63, 3.8) is 0 Å². The molecule has 0 N–H and O–H groups in total. The van der Waals surface area contributed by atoms with E-state index >= 15 is 0 Å². The van der Waals surface area contributed by atoms with Crippen LogP contribution in [0.2, 0.25) is 0 Å². The number of rotatable bonds is 16. The third-order valence-corrected chi connectivity index (χ3v) is 16.4. The molecule has 8 nitrogen and oxygen atoms in total. The van der Waals surface area contributed by atoms with Crippen molar-refractivity contribution in [3.05, 3.63) is 216 Å². The van der Waals surface area contributed by atoms with Crippen LogP contribution in [0.1, 0.15) is 47.2 Å². The summed E-state index contributed by atoms with van der Waals surface area (Å²) in [6.07, 6.45) is 17.8. The Morgan fingerprint density at radius 2 is 0.851 bits per heavy atom. The summed E-state index contributed by atoms with van der Waals surface area (Å²) >= 11 is 0. The summed E-state index contributed by atoms with van der Waals surface area (Å²) in [7, 11) is -5.17. The molecule has 10 heteroatoms. The van der Waals surface area contributed by atoms with Gasteiger partial charge in [0.1, 0.15) is 6.16 Å². The Hall–Kier alpha value is -6.14. The molecule has 4 heterocycles. The van der Waals surface area contributed by atoms with E-state index in [0.29, 0.717) is 32.1 Å². The van der Waals surface area contributed by atoms with Crippen LogP contribution in [0, 0.1) is 13.8 Å². The van der Waals surface area contributed by atoms with Gasteiger partial charge in [-0.3, -0.25) is 4.57 Å². The highest BCUT2D eigenvalue weighted by Gasteiger charge is 2.46. The SMILES string of the molecule is CCOP(=O)(CC[n+]1ccc(-c2cc[n+](-c3ccc(C4(c5ccc(-[n+]6ccc(-c7cc[n+](CCP(C)(C)=O)cc7)cc6)c(C)c5)c5ccccc5-c5ccccc54)cc3C)cc2)cc1)OCC. The number of hydrogen-bond acceptors (Lipinski definition) is 4. The van der Waals surface area contributed by atoms with Gasteiger partial charge in [0.25, 0.3) is 0 Å². The van der Waals surface area contributed by atoms with Crippen molar-refractivity contribution < 1.29 is 36.4 Å². The van der Waals surface area contributed by atoms with Crippen molar-refractivity contribution in [2.75, 3.05) is 38.9 Å². The van der Waals surface area contributed by atoms with E-state index < -0.39 is 20.2 Å². The lowest BCUT2D eigenvalue weighted by atomic mass is 9.67. The minimum Gasteiger partial charge on any atom is -0.324 e. The van der Waals surface area contributed by atoms with Gasteiger partial charge in [0.05, 0.1) is 31.9 Å². The Morgan fingerprint density at radius 1 is 0.478 bits per heavy atom. The molecule has 0 saturated heterocycles. The van der Waals surface area contributed by atoms with Crippen LogP contribution in [0.5, 0.6) is 0 Å². The first-order valence-electron chi connectivity index (χ1n) is 23.3. The van der Waals surface area contributed by atoms with Crippen molar-refractivity contribution in [2.45, 2.75) is 46.2 Å². The molecule has 0 bridgehead atoms. The number of hydrogen-bond donors (Lipinski definition) is 0. The summed E-state index contributed by atoms with van der Waals surface area (Å²) in [5.74, 6) is 0. The van der Waals surface area contributed by atoms with E-state index in [1.54, 1.807) is 0 Å². The van der Waals surface area contributed by atoms with Gasteiger partial charge >= 0.3 is 7.60 Å². The first-order chi connectivity index (χ1) is 32.4. The summed E-state index contributed by atoms with van der Waals surface area (Å²) in [4.78, 5) is 0. The van der Waals surface area contributed by atoms with Gasteiger partial charge < -0.3 is 13.6 Å². The molecule has 0 atom stereocenters. The van der Waals surface area contributed by atoms with Gasteiger partial charge in [0.2, 0.25) is 11.4 Å². The van der Waals surface area contributed by atoms with Crippen LogP contribution in [0.4, 0.5) is 0 Å². The molecule has 0 aliphatic heterocycles. The first kappa shape index (κ1) is 46.0. The largest absolute Gasteiger partial charge is 0.337 e. The zero-order valence-corrected chi connectivity index (χ0v) is 41.2. The topological polar surface area (TPSA) is 68.1 Å². The summed E-state index contributed by atoms with van der Waals surface area (Å²) in [6.45, 7) is 13.8. The third-order valence-electron chi connectivity index (χ3n) is 13.1. The van der Waals surface area contributed by atoms with Gasteiger partial charge in [0.15, 0.2) is 62.7 Å². The number of pyridine rings is 4. The van der Waals surface area contributed by atoms with Crippen LogP contribution < -0.4 is 18.3 Å². The second-order valence-corrected chi connectivity index (χ2v) is 23.7. The first-order valence-corrected chi connectivity index (χ1v) is 27.8. The molecule has 0 fully saturated rings. The molecule has 0 radical (unpaired) electrons. The van der Waals surface area contributed by atoms with Gasteiger partial charge in [-0.15, -0.1) is 0 Å². The summed E-state index contributed by atoms with van der Waals surface area (Å²) in [6, 6.07) is 48.9. The molecule has 1 aliphatic rings. The predicted octanol–water partition coefficient (Wildman–Crippen LogP) is 11.0. The van der Waals surface area contributed by atoms with Crippen molar-refractivity contribution in [1.82, 2.24) is 0 Å². The minimum absolute atomic E-state index is 0.326. The molecule has 0 amide bonds. The fraction of sp³-hybridized carbons (Fsp3) is 0.228. The molecule has 67 heavy (non-hydrogen) atoms. The second kappa shape index (κ2) is 19.2. The van der Waals surface area contributed by atoms with Crippen LogP contribution in [0.15, 0.2) is 183 Å². The van der Waals surface area contributed by atoms with Gasteiger partial charge in [-0.2, -0.15) is 9.13 Å². The van der Waals surface area contributed by atoms with E-state index in [-0.39, 0.29) is 0 Å². The van der Waals surface area contributed by atoms with Crippen molar-refractivity contribution in [1.29, 1.82) is 0 Å². The van der Waals surface area contributed by atoms with E-state index in [0.717, 1.165) is 40.2 Å². The molecule has 4 aromatic carbocycles. The molecule has 0 unspecified atom stereocenters. The zero-order valence-electron chi connectivity index (χ0n) is 39.4. The fourth-order valence-corrected chi connectivity index (χ4v) is 12.0. The normalized spacial score (nSPS) is 13.0. The Labute approximate surface area is 395 Å². The Bertz CT molecular complexity index is 3090. The molecular weight excluding hydrogens is 867 g/mol. The van der Waals surface area contributed by atoms with Gasteiger partial charge in [-0.25, -0.2) is 9.13 Å².